The monoisotopic (exact) mass is 364 g/mol. The van der Waals surface area contributed by atoms with Gasteiger partial charge in [-0.25, -0.2) is 0 Å². The number of anilines is 2. The second-order valence-corrected chi connectivity index (χ2v) is 7.67. The molecule has 1 saturated carbocycles. The van der Waals surface area contributed by atoms with Gasteiger partial charge >= 0.3 is 0 Å². The number of benzene rings is 2. The minimum absolute atomic E-state index is 0.0143. The predicted molar refractivity (Wildman–Crippen MR) is 110 cm³/mol. The number of amides is 2. The first-order chi connectivity index (χ1) is 13.0. The highest BCUT2D eigenvalue weighted by atomic mass is 16.2. The lowest BCUT2D eigenvalue weighted by Crippen LogP contribution is -2.32. The molecule has 1 fully saturated rings. The van der Waals surface area contributed by atoms with E-state index in [-0.39, 0.29) is 23.7 Å². The molecule has 1 aliphatic rings. The fraction of sp³-hybridized carbons (Fsp3) is 0.391. The molecule has 0 aliphatic heterocycles. The summed E-state index contributed by atoms with van der Waals surface area (Å²) < 4.78 is 0. The second-order valence-electron chi connectivity index (χ2n) is 7.67. The summed E-state index contributed by atoms with van der Waals surface area (Å²) in [5, 5.41) is 5.99. The topological polar surface area (TPSA) is 58.2 Å². The minimum atomic E-state index is -0.0180. The molecule has 142 valence electrons. The molecule has 3 rings (SSSR count). The number of nitrogens with one attached hydrogen (secondary N) is 2. The van der Waals surface area contributed by atoms with Crippen LogP contribution in [0.1, 0.15) is 51.0 Å². The van der Waals surface area contributed by atoms with Gasteiger partial charge in [-0.05, 0) is 61.4 Å². The molecular formula is C23H28N2O2. The molecule has 0 saturated heterocycles. The van der Waals surface area contributed by atoms with Gasteiger partial charge in [0.05, 0.1) is 0 Å². The van der Waals surface area contributed by atoms with Crippen molar-refractivity contribution in [3.05, 3.63) is 60.2 Å². The van der Waals surface area contributed by atoms with Gasteiger partial charge in [-0.1, -0.05) is 44.2 Å². The predicted octanol–water partition coefficient (Wildman–Crippen LogP) is 5.19. The Morgan fingerprint density at radius 2 is 1.19 bits per heavy atom. The Bertz CT molecular complexity index is 761. The molecule has 1 aliphatic carbocycles. The second kappa shape index (κ2) is 8.85. The fourth-order valence-electron chi connectivity index (χ4n) is 3.58. The van der Waals surface area contributed by atoms with Crippen LogP contribution < -0.4 is 10.6 Å². The van der Waals surface area contributed by atoms with Gasteiger partial charge in [0, 0.05) is 23.2 Å². The molecule has 4 heteroatoms. The highest BCUT2D eigenvalue weighted by molar-refractivity contribution is 5.94. The lowest BCUT2D eigenvalue weighted by molar-refractivity contribution is -0.125. The van der Waals surface area contributed by atoms with Crippen molar-refractivity contribution in [2.24, 2.45) is 11.8 Å². The van der Waals surface area contributed by atoms with E-state index >= 15 is 0 Å². The first kappa shape index (κ1) is 19.2. The van der Waals surface area contributed by atoms with E-state index in [2.05, 4.69) is 36.6 Å². The molecule has 4 nitrogen and oxygen atoms in total. The zero-order valence-corrected chi connectivity index (χ0v) is 16.1. The third-order valence-electron chi connectivity index (χ3n) is 5.35. The first-order valence-corrected chi connectivity index (χ1v) is 9.79. The average Bonchev–Trinajstić information content (AvgIpc) is 2.69. The fourth-order valence-corrected chi connectivity index (χ4v) is 3.58. The van der Waals surface area contributed by atoms with Crippen molar-refractivity contribution >= 4 is 23.2 Å². The highest BCUT2D eigenvalue weighted by Crippen LogP contribution is 2.30. The summed E-state index contributed by atoms with van der Waals surface area (Å²) in [5.41, 5.74) is 2.93. The molecule has 2 aromatic carbocycles. The van der Waals surface area contributed by atoms with Gasteiger partial charge in [0.2, 0.25) is 11.8 Å². The van der Waals surface area contributed by atoms with Crippen molar-refractivity contribution in [1.29, 1.82) is 0 Å². The van der Waals surface area contributed by atoms with Gasteiger partial charge in [0.15, 0.2) is 0 Å². The SMILES string of the molecule is CC(C)c1ccc(NC(=O)C2CCC(C(=O)Nc3ccccc3)CC2)cc1. The quantitative estimate of drug-likeness (QED) is 0.767. The van der Waals surface area contributed by atoms with E-state index in [1.54, 1.807) is 0 Å². The summed E-state index contributed by atoms with van der Waals surface area (Å²) in [6.45, 7) is 4.31. The van der Waals surface area contributed by atoms with Crippen LogP contribution in [0.3, 0.4) is 0 Å². The maximum Gasteiger partial charge on any atom is 0.227 e. The van der Waals surface area contributed by atoms with Crippen molar-refractivity contribution in [2.75, 3.05) is 10.6 Å². The van der Waals surface area contributed by atoms with Crippen LogP contribution in [0.15, 0.2) is 54.6 Å². The van der Waals surface area contributed by atoms with Crippen molar-refractivity contribution < 1.29 is 9.59 Å². The number of carbonyl (C=O) groups is 2. The summed E-state index contributed by atoms with van der Waals surface area (Å²) in [7, 11) is 0. The Morgan fingerprint density at radius 1 is 0.741 bits per heavy atom. The van der Waals surface area contributed by atoms with Gasteiger partial charge in [0.25, 0.3) is 0 Å². The van der Waals surface area contributed by atoms with Crippen LogP contribution in [0.5, 0.6) is 0 Å². The molecular weight excluding hydrogens is 336 g/mol. The molecule has 0 spiro atoms. The summed E-state index contributed by atoms with van der Waals surface area (Å²) in [6.07, 6.45) is 3.01. The van der Waals surface area contributed by atoms with Crippen molar-refractivity contribution in [3.8, 4) is 0 Å². The Labute approximate surface area is 161 Å². The number of hydrogen-bond acceptors (Lipinski definition) is 2. The molecule has 0 bridgehead atoms. The molecule has 0 radical (unpaired) electrons. The molecule has 0 heterocycles. The van der Waals surface area contributed by atoms with Crippen LogP contribution in [0.2, 0.25) is 0 Å². The van der Waals surface area contributed by atoms with Gasteiger partial charge in [0.1, 0.15) is 0 Å². The normalized spacial score (nSPS) is 19.5. The number of hydrogen-bond donors (Lipinski definition) is 2. The van der Waals surface area contributed by atoms with Crippen molar-refractivity contribution in [3.63, 3.8) is 0 Å². The first-order valence-electron chi connectivity index (χ1n) is 9.79. The summed E-state index contributed by atoms with van der Waals surface area (Å²) in [6, 6.07) is 17.6. The van der Waals surface area contributed by atoms with Gasteiger partial charge in [-0.3, -0.25) is 9.59 Å². The third-order valence-corrected chi connectivity index (χ3v) is 5.35. The zero-order chi connectivity index (χ0) is 19.2. The molecule has 2 amide bonds. The highest BCUT2D eigenvalue weighted by Gasteiger charge is 2.30. The third kappa shape index (κ3) is 5.19. The van der Waals surface area contributed by atoms with E-state index in [1.807, 2.05) is 42.5 Å². The molecule has 0 atom stereocenters. The van der Waals surface area contributed by atoms with E-state index in [1.165, 1.54) is 5.56 Å². The summed E-state index contributed by atoms with van der Waals surface area (Å²) >= 11 is 0. The Kier molecular flexibility index (Phi) is 6.28. The Balaban J connectivity index is 1.48. The molecule has 0 aromatic heterocycles. The summed E-state index contributed by atoms with van der Waals surface area (Å²) in [4.78, 5) is 25.0. The maximum absolute atomic E-state index is 12.5. The molecule has 0 unspecified atom stereocenters. The van der Waals surface area contributed by atoms with E-state index in [0.717, 1.165) is 37.1 Å². The van der Waals surface area contributed by atoms with Gasteiger partial charge < -0.3 is 10.6 Å². The number of carbonyl (C=O) groups excluding carboxylic acids is 2. The van der Waals surface area contributed by atoms with Gasteiger partial charge in [-0.2, -0.15) is 0 Å². The van der Waals surface area contributed by atoms with Gasteiger partial charge in [-0.15, -0.1) is 0 Å². The van der Waals surface area contributed by atoms with E-state index in [4.69, 9.17) is 0 Å². The number of para-hydroxylation sites is 1. The minimum Gasteiger partial charge on any atom is -0.326 e. The van der Waals surface area contributed by atoms with E-state index < -0.39 is 0 Å². The standard InChI is InChI=1S/C23H28N2O2/c1-16(2)17-12-14-21(15-13-17)25-23(27)19-10-8-18(9-11-19)22(26)24-20-6-4-3-5-7-20/h3-7,12-16,18-19H,8-11H2,1-2H3,(H,24,26)(H,25,27). The summed E-state index contributed by atoms with van der Waals surface area (Å²) in [5.74, 6) is 0.570. The lowest BCUT2D eigenvalue weighted by Gasteiger charge is -2.27. The Morgan fingerprint density at radius 3 is 1.63 bits per heavy atom. The lowest BCUT2D eigenvalue weighted by atomic mass is 9.81. The van der Waals surface area contributed by atoms with Crippen molar-refractivity contribution in [1.82, 2.24) is 0 Å². The zero-order valence-electron chi connectivity index (χ0n) is 16.1. The van der Waals surface area contributed by atoms with E-state index in [9.17, 15) is 9.59 Å². The van der Waals surface area contributed by atoms with Crippen LogP contribution in [0, 0.1) is 11.8 Å². The van der Waals surface area contributed by atoms with Crippen molar-refractivity contribution in [2.45, 2.75) is 45.4 Å². The Hall–Kier alpha value is -2.62. The largest absolute Gasteiger partial charge is 0.326 e. The van der Waals surface area contributed by atoms with E-state index in [0.29, 0.717) is 5.92 Å². The smallest absolute Gasteiger partial charge is 0.227 e. The molecule has 27 heavy (non-hydrogen) atoms. The number of rotatable bonds is 5. The van der Waals surface area contributed by atoms with Crippen LogP contribution >= 0.6 is 0 Å². The molecule has 2 N–H and O–H groups in total. The average molecular weight is 364 g/mol. The van der Waals surface area contributed by atoms with Crippen LogP contribution in [0.25, 0.3) is 0 Å². The van der Waals surface area contributed by atoms with Crippen LogP contribution in [-0.4, -0.2) is 11.8 Å². The molecule has 2 aromatic rings. The van der Waals surface area contributed by atoms with Crippen LogP contribution in [-0.2, 0) is 9.59 Å². The van der Waals surface area contributed by atoms with Crippen LogP contribution in [0.4, 0.5) is 11.4 Å². The maximum atomic E-state index is 12.5.